The lowest BCUT2D eigenvalue weighted by Crippen LogP contribution is -2.34. The van der Waals surface area contributed by atoms with Crippen molar-refractivity contribution in [2.24, 2.45) is 11.7 Å². The lowest BCUT2D eigenvalue weighted by Gasteiger charge is -2.25. The molecule has 2 fully saturated rings. The number of hydrogen-bond acceptors (Lipinski definition) is 3. The van der Waals surface area contributed by atoms with Gasteiger partial charge in [0.2, 0.25) is 5.91 Å². The summed E-state index contributed by atoms with van der Waals surface area (Å²) in [5, 5.41) is 3.21. The number of amides is 1. The Kier molecular flexibility index (Phi) is 7.13. The number of pyridine rings is 1. The standard InChI is InChI=1S/C15H12F3N.C8H16N2O/c16-15(17,18)13-3-1-2-11(8-13)14-7-6-12(9-19-14)10-4-5-10;1-10-7-4-2-6(3-5-7)8(9)11/h1-3,6-10H,4-5H2;6-7,10H,2-5H2,1H3,(H2,9,11). The second-order valence-corrected chi connectivity index (χ2v) is 8.07. The van der Waals surface area contributed by atoms with Gasteiger partial charge in [-0.15, -0.1) is 0 Å². The highest BCUT2D eigenvalue weighted by molar-refractivity contribution is 5.76. The third kappa shape index (κ3) is 6.05. The molecule has 2 aliphatic rings. The molecular weight excluding hydrogens is 391 g/mol. The first-order chi connectivity index (χ1) is 14.3. The molecule has 30 heavy (non-hydrogen) atoms. The molecule has 2 aromatic rings. The molecule has 1 amide bonds. The zero-order valence-electron chi connectivity index (χ0n) is 17.1. The Hall–Kier alpha value is -2.41. The van der Waals surface area contributed by atoms with Crippen LogP contribution in [0.4, 0.5) is 13.2 Å². The topological polar surface area (TPSA) is 68.0 Å². The summed E-state index contributed by atoms with van der Waals surface area (Å²) in [4.78, 5) is 15.0. The fourth-order valence-corrected chi connectivity index (χ4v) is 3.76. The first-order valence-electron chi connectivity index (χ1n) is 10.4. The average Bonchev–Trinajstić information content (AvgIpc) is 3.59. The van der Waals surface area contributed by atoms with Crippen molar-refractivity contribution in [3.05, 3.63) is 53.7 Å². The maximum atomic E-state index is 12.6. The predicted molar refractivity (Wildman–Crippen MR) is 111 cm³/mol. The third-order valence-corrected chi connectivity index (χ3v) is 5.86. The van der Waals surface area contributed by atoms with Crippen LogP contribution in [0.5, 0.6) is 0 Å². The molecule has 2 saturated carbocycles. The van der Waals surface area contributed by atoms with E-state index in [-0.39, 0.29) is 11.8 Å². The minimum Gasteiger partial charge on any atom is -0.369 e. The van der Waals surface area contributed by atoms with E-state index in [4.69, 9.17) is 5.73 Å². The summed E-state index contributed by atoms with van der Waals surface area (Å²) >= 11 is 0. The Morgan fingerprint density at radius 1 is 1.07 bits per heavy atom. The number of nitrogens with two attached hydrogens (primary N) is 1. The molecule has 3 N–H and O–H groups in total. The number of rotatable bonds is 4. The number of nitrogens with one attached hydrogen (secondary N) is 1. The average molecular weight is 419 g/mol. The molecule has 2 aliphatic carbocycles. The highest BCUT2D eigenvalue weighted by atomic mass is 19.4. The van der Waals surface area contributed by atoms with Gasteiger partial charge in [0.15, 0.2) is 0 Å². The molecular formula is C23H28F3N3O. The van der Waals surface area contributed by atoms with Crippen LogP contribution in [0.3, 0.4) is 0 Å². The fraction of sp³-hybridized carbons (Fsp3) is 0.478. The predicted octanol–water partition coefficient (Wildman–Crippen LogP) is 4.89. The number of aromatic nitrogens is 1. The molecule has 0 unspecified atom stereocenters. The summed E-state index contributed by atoms with van der Waals surface area (Å²) in [6.07, 6.45) is 3.92. The summed E-state index contributed by atoms with van der Waals surface area (Å²) in [5.41, 5.74) is 6.81. The number of alkyl halides is 3. The Morgan fingerprint density at radius 3 is 2.27 bits per heavy atom. The van der Waals surface area contributed by atoms with Crippen molar-refractivity contribution in [1.29, 1.82) is 0 Å². The van der Waals surface area contributed by atoms with Crippen LogP contribution < -0.4 is 11.1 Å². The maximum Gasteiger partial charge on any atom is 0.416 e. The van der Waals surface area contributed by atoms with Gasteiger partial charge in [-0.25, -0.2) is 0 Å². The van der Waals surface area contributed by atoms with Gasteiger partial charge in [-0.3, -0.25) is 9.78 Å². The summed E-state index contributed by atoms with van der Waals surface area (Å²) in [7, 11) is 1.97. The Bertz CT molecular complexity index is 840. The number of halogens is 3. The van der Waals surface area contributed by atoms with E-state index in [0.717, 1.165) is 37.8 Å². The smallest absolute Gasteiger partial charge is 0.369 e. The van der Waals surface area contributed by atoms with E-state index >= 15 is 0 Å². The van der Waals surface area contributed by atoms with Crippen molar-refractivity contribution in [2.45, 2.75) is 56.7 Å². The lowest BCUT2D eigenvalue weighted by atomic mass is 9.86. The quantitative estimate of drug-likeness (QED) is 0.741. The van der Waals surface area contributed by atoms with E-state index in [0.29, 0.717) is 23.2 Å². The van der Waals surface area contributed by atoms with Gasteiger partial charge in [0.05, 0.1) is 11.3 Å². The molecule has 1 aromatic carbocycles. The van der Waals surface area contributed by atoms with E-state index in [1.54, 1.807) is 18.3 Å². The summed E-state index contributed by atoms with van der Waals surface area (Å²) in [6.45, 7) is 0. The van der Waals surface area contributed by atoms with Crippen LogP contribution in [0.25, 0.3) is 11.3 Å². The van der Waals surface area contributed by atoms with E-state index in [2.05, 4.69) is 10.3 Å². The van der Waals surface area contributed by atoms with Crippen LogP contribution in [0.1, 0.15) is 55.6 Å². The minimum atomic E-state index is -4.32. The second-order valence-electron chi connectivity index (χ2n) is 8.07. The van der Waals surface area contributed by atoms with Crippen LogP contribution in [0.2, 0.25) is 0 Å². The first-order valence-corrected chi connectivity index (χ1v) is 10.4. The fourth-order valence-electron chi connectivity index (χ4n) is 3.76. The molecule has 0 atom stereocenters. The zero-order chi connectivity index (χ0) is 21.7. The molecule has 162 valence electrons. The van der Waals surface area contributed by atoms with Crippen LogP contribution >= 0.6 is 0 Å². The molecule has 4 nitrogen and oxygen atoms in total. The monoisotopic (exact) mass is 419 g/mol. The van der Waals surface area contributed by atoms with Crippen molar-refractivity contribution in [2.75, 3.05) is 7.05 Å². The number of benzene rings is 1. The van der Waals surface area contributed by atoms with E-state index < -0.39 is 11.7 Å². The Morgan fingerprint density at radius 2 is 1.77 bits per heavy atom. The van der Waals surface area contributed by atoms with Gasteiger partial charge in [0.25, 0.3) is 0 Å². The van der Waals surface area contributed by atoms with Gasteiger partial charge >= 0.3 is 6.18 Å². The van der Waals surface area contributed by atoms with Gasteiger partial charge < -0.3 is 11.1 Å². The van der Waals surface area contributed by atoms with Crippen LogP contribution in [-0.2, 0) is 11.0 Å². The molecule has 0 radical (unpaired) electrons. The summed E-state index contributed by atoms with van der Waals surface area (Å²) < 4.78 is 37.9. The number of carbonyl (C=O) groups is 1. The summed E-state index contributed by atoms with van der Waals surface area (Å²) in [6, 6.07) is 9.62. The molecule has 1 heterocycles. The van der Waals surface area contributed by atoms with E-state index in [9.17, 15) is 18.0 Å². The highest BCUT2D eigenvalue weighted by Gasteiger charge is 2.30. The molecule has 1 aromatic heterocycles. The van der Waals surface area contributed by atoms with Gasteiger partial charge in [0.1, 0.15) is 0 Å². The Labute approximate surface area is 175 Å². The van der Waals surface area contributed by atoms with Gasteiger partial charge in [-0.05, 0) is 75.3 Å². The Balaban J connectivity index is 0.000000199. The van der Waals surface area contributed by atoms with Crippen molar-refractivity contribution in [3.63, 3.8) is 0 Å². The van der Waals surface area contributed by atoms with Crippen LogP contribution in [-0.4, -0.2) is 24.0 Å². The normalized spacial score (nSPS) is 21.5. The van der Waals surface area contributed by atoms with Crippen molar-refractivity contribution in [3.8, 4) is 11.3 Å². The number of primary amides is 1. The van der Waals surface area contributed by atoms with Gasteiger partial charge in [-0.2, -0.15) is 13.2 Å². The number of nitrogens with zero attached hydrogens (tertiary/aromatic N) is 1. The molecule has 0 bridgehead atoms. The first kappa shape index (κ1) is 22.3. The summed E-state index contributed by atoms with van der Waals surface area (Å²) in [5.74, 6) is 0.613. The van der Waals surface area contributed by atoms with E-state index in [1.165, 1.54) is 24.5 Å². The van der Waals surface area contributed by atoms with Gasteiger partial charge in [0, 0.05) is 23.7 Å². The lowest BCUT2D eigenvalue weighted by molar-refractivity contribution is -0.137. The number of carbonyl (C=O) groups excluding carboxylic acids is 1. The zero-order valence-corrected chi connectivity index (χ0v) is 17.1. The van der Waals surface area contributed by atoms with Crippen molar-refractivity contribution in [1.82, 2.24) is 10.3 Å². The molecule has 0 saturated heterocycles. The maximum absolute atomic E-state index is 12.6. The third-order valence-electron chi connectivity index (χ3n) is 5.86. The second kappa shape index (κ2) is 9.60. The van der Waals surface area contributed by atoms with Crippen LogP contribution in [0, 0.1) is 5.92 Å². The molecule has 4 rings (SSSR count). The van der Waals surface area contributed by atoms with Crippen LogP contribution in [0.15, 0.2) is 42.6 Å². The van der Waals surface area contributed by atoms with Crippen molar-refractivity contribution < 1.29 is 18.0 Å². The molecule has 7 heteroatoms. The molecule has 0 spiro atoms. The largest absolute Gasteiger partial charge is 0.416 e. The highest BCUT2D eigenvalue weighted by Crippen LogP contribution is 2.40. The van der Waals surface area contributed by atoms with Crippen molar-refractivity contribution >= 4 is 5.91 Å². The SMILES string of the molecule is CNC1CCC(C(N)=O)CC1.FC(F)(F)c1cccc(-c2ccc(C3CC3)cn2)c1. The van der Waals surface area contributed by atoms with E-state index in [1.807, 2.05) is 13.1 Å². The van der Waals surface area contributed by atoms with Gasteiger partial charge in [-0.1, -0.05) is 18.2 Å². The molecule has 0 aliphatic heterocycles. The number of hydrogen-bond donors (Lipinski definition) is 2. The minimum absolute atomic E-state index is 0.125.